The molecule has 0 aromatic rings. The average Bonchev–Trinajstić information content (AvgIpc) is 2.83. The van der Waals surface area contributed by atoms with Gasteiger partial charge in [-0.3, -0.25) is 19.2 Å². The Morgan fingerprint density at radius 2 is 0.778 bits per heavy atom. The number of ether oxygens (including phenoxy) is 9. The molecule has 0 aliphatic rings. The standard InChI is InChI=1S/C23H40O13/c1-5-28-6-7-29-8-9-30-10-11-31-12-13-32-14-15-33-22(27)23(16-34-19(2)24,17-35-20(3)25)18-36-21(4)26/h5-18H2,1-4H3. The fourth-order valence-electron chi connectivity index (χ4n) is 2.39. The Bertz CT molecular complexity index is 578. The molecule has 13 nitrogen and oxygen atoms in total. The molecule has 13 heteroatoms. The molecule has 0 aliphatic heterocycles. The maximum Gasteiger partial charge on any atom is 0.322 e. The highest BCUT2D eigenvalue weighted by molar-refractivity contribution is 5.79. The molecule has 0 aromatic heterocycles. The van der Waals surface area contributed by atoms with Crippen LogP contribution in [0, 0.1) is 5.41 Å². The lowest BCUT2D eigenvalue weighted by atomic mass is 9.91. The van der Waals surface area contributed by atoms with Gasteiger partial charge in [-0.25, -0.2) is 0 Å². The van der Waals surface area contributed by atoms with Gasteiger partial charge in [0, 0.05) is 27.4 Å². The SMILES string of the molecule is CCOCCOCCOCCOCCOCCOC(=O)C(COC(C)=O)(COC(C)=O)COC(C)=O. The molecule has 0 unspecified atom stereocenters. The van der Waals surface area contributed by atoms with Crippen LogP contribution in [-0.4, -0.2) is 116 Å². The minimum absolute atomic E-state index is 0.0649. The summed E-state index contributed by atoms with van der Waals surface area (Å²) in [6, 6.07) is 0. The van der Waals surface area contributed by atoms with Crippen LogP contribution in [0.25, 0.3) is 0 Å². The van der Waals surface area contributed by atoms with Gasteiger partial charge in [0.1, 0.15) is 26.4 Å². The predicted octanol–water partition coefficient (Wildman–Crippen LogP) is 0.308. The normalized spacial score (nSPS) is 11.1. The van der Waals surface area contributed by atoms with E-state index in [-0.39, 0.29) is 19.8 Å². The van der Waals surface area contributed by atoms with E-state index in [0.717, 1.165) is 20.8 Å². The van der Waals surface area contributed by atoms with E-state index in [1.165, 1.54) is 0 Å². The number of hydrogen-bond acceptors (Lipinski definition) is 13. The van der Waals surface area contributed by atoms with E-state index in [1.54, 1.807) is 0 Å². The van der Waals surface area contributed by atoms with Crippen molar-refractivity contribution >= 4 is 23.9 Å². The summed E-state index contributed by atoms with van der Waals surface area (Å²) in [5, 5.41) is 0. The number of esters is 4. The molecule has 0 saturated heterocycles. The Kier molecular flexibility index (Phi) is 20.5. The summed E-state index contributed by atoms with van der Waals surface area (Å²) in [7, 11) is 0. The van der Waals surface area contributed by atoms with Crippen LogP contribution in [0.5, 0.6) is 0 Å². The van der Waals surface area contributed by atoms with Gasteiger partial charge >= 0.3 is 23.9 Å². The first-order valence-corrected chi connectivity index (χ1v) is 11.7. The third-order valence-electron chi connectivity index (χ3n) is 4.24. The van der Waals surface area contributed by atoms with Gasteiger partial charge < -0.3 is 42.6 Å². The second-order valence-electron chi connectivity index (χ2n) is 7.40. The van der Waals surface area contributed by atoms with Gasteiger partial charge in [-0.2, -0.15) is 0 Å². The minimum Gasteiger partial charge on any atom is -0.464 e. The fraction of sp³-hybridized carbons (Fsp3) is 0.826. The molecule has 0 radical (unpaired) electrons. The van der Waals surface area contributed by atoms with Crippen molar-refractivity contribution in [3.05, 3.63) is 0 Å². The molecule has 0 atom stereocenters. The van der Waals surface area contributed by atoms with E-state index < -0.39 is 49.1 Å². The summed E-state index contributed by atoms with van der Waals surface area (Å²) < 4.78 is 46.6. The van der Waals surface area contributed by atoms with E-state index in [0.29, 0.717) is 52.9 Å². The summed E-state index contributed by atoms with van der Waals surface area (Å²) in [6.45, 7) is 7.90. The van der Waals surface area contributed by atoms with Gasteiger partial charge in [0.2, 0.25) is 0 Å². The molecule has 0 heterocycles. The Morgan fingerprint density at radius 1 is 0.472 bits per heavy atom. The fourth-order valence-corrected chi connectivity index (χ4v) is 2.39. The first kappa shape index (κ1) is 33.7. The van der Waals surface area contributed by atoms with E-state index in [9.17, 15) is 19.2 Å². The molecule has 0 saturated carbocycles. The Morgan fingerprint density at radius 3 is 1.08 bits per heavy atom. The van der Waals surface area contributed by atoms with Crippen molar-refractivity contribution in [2.75, 3.05) is 92.5 Å². The van der Waals surface area contributed by atoms with Crippen LogP contribution >= 0.6 is 0 Å². The summed E-state index contributed by atoms with van der Waals surface area (Å²) in [6.07, 6.45) is 0. The molecular formula is C23H40O13. The van der Waals surface area contributed by atoms with Crippen molar-refractivity contribution < 1.29 is 61.8 Å². The zero-order valence-corrected chi connectivity index (χ0v) is 21.7. The first-order valence-electron chi connectivity index (χ1n) is 11.7. The number of hydrogen-bond donors (Lipinski definition) is 0. The molecular weight excluding hydrogens is 484 g/mol. The van der Waals surface area contributed by atoms with Gasteiger partial charge in [0.15, 0.2) is 5.41 Å². The van der Waals surface area contributed by atoms with Crippen LogP contribution in [0.4, 0.5) is 0 Å². The minimum atomic E-state index is -1.71. The van der Waals surface area contributed by atoms with Crippen molar-refractivity contribution in [1.82, 2.24) is 0 Å². The number of carbonyl (C=O) groups is 4. The topological polar surface area (TPSA) is 151 Å². The van der Waals surface area contributed by atoms with Crippen LogP contribution in [-0.2, 0) is 61.8 Å². The van der Waals surface area contributed by atoms with Gasteiger partial charge in [-0.1, -0.05) is 0 Å². The van der Waals surface area contributed by atoms with Crippen LogP contribution in [0.15, 0.2) is 0 Å². The molecule has 0 aromatic carbocycles. The molecule has 210 valence electrons. The molecule has 0 bridgehead atoms. The number of rotatable bonds is 23. The molecule has 0 N–H and O–H groups in total. The third-order valence-corrected chi connectivity index (χ3v) is 4.24. The van der Waals surface area contributed by atoms with Crippen LogP contribution in [0.1, 0.15) is 27.7 Å². The Balaban J connectivity index is 4.17. The molecule has 0 spiro atoms. The predicted molar refractivity (Wildman–Crippen MR) is 123 cm³/mol. The van der Waals surface area contributed by atoms with Crippen molar-refractivity contribution in [2.24, 2.45) is 5.41 Å². The molecule has 0 rings (SSSR count). The summed E-state index contributed by atoms with van der Waals surface area (Å²) in [5.74, 6) is -2.88. The smallest absolute Gasteiger partial charge is 0.322 e. The van der Waals surface area contributed by atoms with Crippen LogP contribution in [0.2, 0.25) is 0 Å². The lowest BCUT2D eigenvalue weighted by molar-refractivity contribution is -0.179. The zero-order chi connectivity index (χ0) is 27.1. The quantitative estimate of drug-likeness (QED) is 0.102. The van der Waals surface area contributed by atoms with Crippen LogP contribution < -0.4 is 0 Å². The summed E-state index contributed by atoms with van der Waals surface area (Å²) in [4.78, 5) is 46.5. The Labute approximate surface area is 211 Å². The highest BCUT2D eigenvalue weighted by atomic mass is 16.6. The number of carbonyl (C=O) groups excluding carboxylic acids is 4. The molecule has 0 amide bonds. The zero-order valence-electron chi connectivity index (χ0n) is 21.7. The van der Waals surface area contributed by atoms with Crippen molar-refractivity contribution in [3.63, 3.8) is 0 Å². The Hall–Kier alpha value is -2.32. The molecule has 36 heavy (non-hydrogen) atoms. The second kappa shape index (κ2) is 21.9. The lowest BCUT2D eigenvalue weighted by Gasteiger charge is -2.29. The molecule has 0 fully saturated rings. The second-order valence-corrected chi connectivity index (χ2v) is 7.40. The van der Waals surface area contributed by atoms with Gasteiger partial charge in [-0.05, 0) is 6.92 Å². The average molecular weight is 525 g/mol. The van der Waals surface area contributed by atoms with Crippen molar-refractivity contribution in [3.8, 4) is 0 Å². The van der Waals surface area contributed by atoms with Crippen LogP contribution in [0.3, 0.4) is 0 Å². The highest BCUT2D eigenvalue weighted by Gasteiger charge is 2.44. The van der Waals surface area contributed by atoms with E-state index in [1.807, 2.05) is 6.92 Å². The van der Waals surface area contributed by atoms with Crippen molar-refractivity contribution in [1.29, 1.82) is 0 Å². The third kappa shape index (κ3) is 18.9. The van der Waals surface area contributed by atoms with Gasteiger partial charge in [0.25, 0.3) is 0 Å². The monoisotopic (exact) mass is 524 g/mol. The van der Waals surface area contributed by atoms with Crippen molar-refractivity contribution in [2.45, 2.75) is 27.7 Å². The van der Waals surface area contributed by atoms with E-state index >= 15 is 0 Å². The van der Waals surface area contributed by atoms with E-state index in [2.05, 4.69) is 0 Å². The lowest BCUT2D eigenvalue weighted by Crippen LogP contribution is -2.47. The van der Waals surface area contributed by atoms with Gasteiger partial charge in [-0.15, -0.1) is 0 Å². The largest absolute Gasteiger partial charge is 0.464 e. The maximum absolute atomic E-state index is 12.7. The summed E-state index contributed by atoms with van der Waals surface area (Å²) >= 11 is 0. The maximum atomic E-state index is 12.7. The first-order chi connectivity index (χ1) is 17.2. The highest BCUT2D eigenvalue weighted by Crippen LogP contribution is 2.22. The molecule has 0 aliphatic carbocycles. The van der Waals surface area contributed by atoms with E-state index in [4.69, 9.17) is 42.6 Å². The van der Waals surface area contributed by atoms with Gasteiger partial charge in [0.05, 0.1) is 59.5 Å². The summed E-state index contributed by atoms with van der Waals surface area (Å²) in [5.41, 5.74) is -1.71.